The Kier molecular flexibility index (Phi) is 4.24. The van der Waals surface area contributed by atoms with E-state index in [9.17, 15) is 9.18 Å². The van der Waals surface area contributed by atoms with Crippen molar-refractivity contribution in [3.63, 3.8) is 0 Å². The van der Waals surface area contributed by atoms with Crippen LogP contribution in [0.15, 0.2) is 42.7 Å². The zero-order chi connectivity index (χ0) is 19.0. The highest BCUT2D eigenvalue weighted by molar-refractivity contribution is 6.02. The first kappa shape index (κ1) is 17.0. The number of aromatic nitrogens is 2. The van der Waals surface area contributed by atoms with Crippen LogP contribution in [0, 0.1) is 11.3 Å². The number of carbonyl (C=O) groups is 1. The first-order valence-electron chi connectivity index (χ1n) is 8.79. The van der Waals surface area contributed by atoms with E-state index in [0.717, 1.165) is 17.5 Å². The van der Waals surface area contributed by atoms with Crippen molar-refractivity contribution >= 4 is 17.1 Å². The molecule has 1 aliphatic rings. The summed E-state index contributed by atoms with van der Waals surface area (Å²) in [4.78, 5) is 11.9. The van der Waals surface area contributed by atoms with Gasteiger partial charge in [0.15, 0.2) is 0 Å². The van der Waals surface area contributed by atoms with E-state index in [2.05, 4.69) is 16.5 Å². The van der Waals surface area contributed by atoms with E-state index >= 15 is 0 Å². The number of alkyl halides is 1. The topological polar surface area (TPSA) is 96.2 Å². The molecular weight excluding hydrogens is 345 g/mol. The van der Waals surface area contributed by atoms with Crippen LogP contribution in [0.2, 0.25) is 0 Å². The average molecular weight is 363 g/mol. The van der Waals surface area contributed by atoms with Crippen LogP contribution >= 0.6 is 0 Å². The lowest BCUT2D eigenvalue weighted by atomic mass is 10.1. The molecule has 7 heteroatoms. The van der Waals surface area contributed by atoms with Gasteiger partial charge in [0.2, 0.25) is 0 Å². The fraction of sp³-hybridized carbons (Fsp3) is 0.250. The fourth-order valence-corrected chi connectivity index (χ4v) is 3.55. The smallest absolute Gasteiger partial charge is 0.252 e. The van der Waals surface area contributed by atoms with Crippen molar-refractivity contribution in [2.75, 3.05) is 5.32 Å². The average Bonchev–Trinajstić information content (AvgIpc) is 3.28. The standard InChI is InChI=1S/C20H18FN5O/c21-16-2-1-3-17(16)25-19-15(20(23)27)10-24-26-11-14(8-18(19)26)13-6-4-12(9-22)5-7-13/h4-8,10-11,16-17,25H,1-3H2,(H2,23,27)/t16-,17+/m0/s1. The van der Waals surface area contributed by atoms with Crippen LogP contribution in [0.4, 0.5) is 10.1 Å². The maximum absolute atomic E-state index is 14.1. The second kappa shape index (κ2) is 6.72. The lowest BCUT2D eigenvalue weighted by Gasteiger charge is -2.19. The maximum atomic E-state index is 14.1. The minimum Gasteiger partial charge on any atom is -0.377 e. The van der Waals surface area contributed by atoms with Gasteiger partial charge in [-0.2, -0.15) is 10.4 Å². The second-order valence-electron chi connectivity index (χ2n) is 6.74. The van der Waals surface area contributed by atoms with Gasteiger partial charge in [0, 0.05) is 11.8 Å². The number of anilines is 1. The van der Waals surface area contributed by atoms with Crippen molar-refractivity contribution in [3.05, 3.63) is 53.9 Å². The van der Waals surface area contributed by atoms with Gasteiger partial charge in [0.1, 0.15) is 6.17 Å². The summed E-state index contributed by atoms with van der Waals surface area (Å²) in [5.74, 6) is -0.609. The minimum absolute atomic E-state index is 0.242. The molecule has 1 fully saturated rings. The van der Waals surface area contributed by atoms with Crippen LogP contribution in [0.5, 0.6) is 0 Å². The number of benzene rings is 1. The SMILES string of the molecule is N#Cc1ccc(-c2cc3c(N[C@@H]4CCC[C@@H]4F)c(C(N)=O)cnn3c2)cc1. The van der Waals surface area contributed by atoms with Gasteiger partial charge >= 0.3 is 0 Å². The number of nitrogens with one attached hydrogen (secondary N) is 1. The quantitative estimate of drug-likeness (QED) is 0.743. The normalized spacial score (nSPS) is 19.1. The molecule has 1 saturated carbocycles. The van der Waals surface area contributed by atoms with Crippen LogP contribution < -0.4 is 11.1 Å². The molecule has 0 unspecified atom stereocenters. The van der Waals surface area contributed by atoms with Crippen molar-refractivity contribution in [2.24, 2.45) is 5.73 Å². The Morgan fingerprint density at radius 2 is 2.07 bits per heavy atom. The number of halogens is 1. The summed E-state index contributed by atoms with van der Waals surface area (Å²) in [7, 11) is 0. The molecule has 2 atom stereocenters. The number of nitriles is 1. The molecule has 0 spiro atoms. The molecule has 2 heterocycles. The van der Waals surface area contributed by atoms with E-state index in [0.29, 0.717) is 29.6 Å². The van der Waals surface area contributed by atoms with Crippen LogP contribution in [0.25, 0.3) is 16.6 Å². The molecule has 0 radical (unpaired) electrons. The fourth-order valence-electron chi connectivity index (χ4n) is 3.55. The predicted molar refractivity (Wildman–Crippen MR) is 100 cm³/mol. The molecule has 3 aromatic rings. The van der Waals surface area contributed by atoms with Gasteiger partial charge in [0.25, 0.3) is 5.91 Å². The summed E-state index contributed by atoms with van der Waals surface area (Å²) < 4.78 is 15.8. The molecule has 0 saturated heterocycles. The van der Waals surface area contributed by atoms with Gasteiger partial charge in [-0.1, -0.05) is 12.1 Å². The van der Waals surface area contributed by atoms with Crippen LogP contribution in [0.1, 0.15) is 35.2 Å². The number of carbonyl (C=O) groups excluding carboxylic acids is 1. The highest BCUT2D eigenvalue weighted by Gasteiger charge is 2.28. The maximum Gasteiger partial charge on any atom is 0.252 e. The van der Waals surface area contributed by atoms with Crippen LogP contribution in [-0.2, 0) is 0 Å². The number of fused-ring (bicyclic) bond motifs is 1. The van der Waals surface area contributed by atoms with Gasteiger partial charge in [-0.15, -0.1) is 0 Å². The van der Waals surface area contributed by atoms with Crippen molar-refractivity contribution in [2.45, 2.75) is 31.5 Å². The zero-order valence-electron chi connectivity index (χ0n) is 14.5. The van der Waals surface area contributed by atoms with Gasteiger partial charge in [-0.25, -0.2) is 8.91 Å². The van der Waals surface area contributed by atoms with E-state index in [1.165, 1.54) is 6.20 Å². The molecule has 1 amide bonds. The summed E-state index contributed by atoms with van der Waals surface area (Å²) in [6.45, 7) is 0. The molecule has 136 valence electrons. The predicted octanol–water partition coefficient (Wildman–Crippen LogP) is 3.27. The summed E-state index contributed by atoms with van der Waals surface area (Å²) in [6.07, 6.45) is 4.31. The number of primary amides is 1. The third-order valence-electron chi connectivity index (χ3n) is 5.01. The Balaban J connectivity index is 1.80. The molecule has 6 nitrogen and oxygen atoms in total. The summed E-state index contributed by atoms with van der Waals surface area (Å²) >= 11 is 0. The lowest BCUT2D eigenvalue weighted by Crippen LogP contribution is -2.27. The van der Waals surface area contributed by atoms with Crippen molar-refractivity contribution in [1.82, 2.24) is 9.61 Å². The first-order valence-corrected chi connectivity index (χ1v) is 8.79. The number of nitrogens with zero attached hydrogens (tertiary/aromatic N) is 3. The highest BCUT2D eigenvalue weighted by atomic mass is 19.1. The van der Waals surface area contributed by atoms with Crippen molar-refractivity contribution < 1.29 is 9.18 Å². The third-order valence-corrected chi connectivity index (χ3v) is 5.01. The van der Waals surface area contributed by atoms with Crippen LogP contribution in [0.3, 0.4) is 0 Å². The zero-order valence-corrected chi connectivity index (χ0v) is 14.5. The Morgan fingerprint density at radius 3 is 2.70 bits per heavy atom. The molecule has 0 bridgehead atoms. The van der Waals surface area contributed by atoms with E-state index in [4.69, 9.17) is 11.0 Å². The summed E-state index contributed by atoms with van der Waals surface area (Å²) in [5.41, 5.74) is 9.28. The Morgan fingerprint density at radius 1 is 1.30 bits per heavy atom. The van der Waals surface area contributed by atoms with Gasteiger partial charge in [0.05, 0.1) is 40.6 Å². The Bertz CT molecular complexity index is 1050. The van der Waals surface area contributed by atoms with E-state index in [1.807, 2.05) is 24.4 Å². The molecule has 27 heavy (non-hydrogen) atoms. The Labute approximate surface area is 155 Å². The van der Waals surface area contributed by atoms with Gasteiger partial charge in [-0.3, -0.25) is 4.79 Å². The van der Waals surface area contributed by atoms with Crippen molar-refractivity contribution in [3.8, 4) is 17.2 Å². The number of rotatable bonds is 4. The first-order chi connectivity index (χ1) is 13.1. The van der Waals surface area contributed by atoms with E-state index in [1.54, 1.807) is 16.6 Å². The number of amides is 1. The van der Waals surface area contributed by atoms with E-state index in [-0.39, 0.29) is 11.6 Å². The Hall–Kier alpha value is -3.40. The van der Waals surface area contributed by atoms with Crippen molar-refractivity contribution in [1.29, 1.82) is 5.26 Å². The molecule has 3 N–H and O–H groups in total. The van der Waals surface area contributed by atoms with Gasteiger partial charge in [-0.05, 0) is 43.0 Å². The van der Waals surface area contributed by atoms with Crippen LogP contribution in [-0.4, -0.2) is 27.7 Å². The third kappa shape index (κ3) is 3.10. The molecule has 1 aliphatic carbocycles. The number of hydrogen-bond acceptors (Lipinski definition) is 4. The molecule has 1 aromatic carbocycles. The number of nitrogens with two attached hydrogens (primary N) is 1. The number of hydrogen-bond donors (Lipinski definition) is 2. The molecule has 4 rings (SSSR count). The molecule has 2 aromatic heterocycles. The second-order valence-corrected chi connectivity index (χ2v) is 6.74. The van der Waals surface area contributed by atoms with E-state index < -0.39 is 12.1 Å². The molecular formula is C20H18FN5O. The lowest BCUT2D eigenvalue weighted by molar-refractivity contribution is 0.100. The van der Waals surface area contributed by atoms with Gasteiger partial charge < -0.3 is 11.1 Å². The highest BCUT2D eigenvalue weighted by Crippen LogP contribution is 2.32. The summed E-state index contributed by atoms with van der Waals surface area (Å²) in [6, 6.07) is 10.8. The largest absolute Gasteiger partial charge is 0.377 e. The summed E-state index contributed by atoms with van der Waals surface area (Å²) in [5, 5.41) is 16.4. The minimum atomic E-state index is -0.952. The monoisotopic (exact) mass is 363 g/mol. The molecule has 0 aliphatic heterocycles.